The third kappa shape index (κ3) is 27700. The highest BCUT2D eigenvalue weighted by atomic mass is 32.1. The Kier molecular flexibility index (Phi) is 13.6. The highest BCUT2D eigenvalue weighted by molar-refractivity contribution is 8.10. The quantitative estimate of drug-likeness (QED) is 0.345. The minimum absolute atomic E-state index is 0.194. The fourth-order valence-electron chi connectivity index (χ4n) is 0. The summed E-state index contributed by atoms with van der Waals surface area (Å²) in [6, 6.07) is 0. The van der Waals surface area contributed by atoms with Gasteiger partial charge in [0.15, 0.2) is 11.5 Å². The van der Waals surface area contributed by atoms with E-state index >= 15 is 0 Å². The molecular formula is CH4N2OS3. The predicted octanol–water partition coefficient (Wildman–Crippen LogP) is 0.122. The summed E-state index contributed by atoms with van der Waals surface area (Å²) >= 11 is 7.40. The molecule has 42 valence electrons. The molecule has 7 heavy (non-hydrogen) atoms. The van der Waals surface area contributed by atoms with Crippen molar-refractivity contribution in [1.29, 1.82) is 4.78 Å². The molecule has 0 aromatic carbocycles. The second-order valence-corrected chi connectivity index (χ2v) is 1.81. The smallest absolute Gasteiger partial charge is 0.196 e. The first-order valence-corrected chi connectivity index (χ1v) is 2.68. The van der Waals surface area contributed by atoms with E-state index in [0.29, 0.717) is 0 Å². The SMILES string of the molecule is N=S=O.NC(=S)S. The van der Waals surface area contributed by atoms with Crippen LogP contribution >= 0.6 is 24.8 Å². The molecule has 0 aliphatic heterocycles. The van der Waals surface area contributed by atoms with Gasteiger partial charge in [-0.15, -0.1) is 12.6 Å². The van der Waals surface area contributed by atoms with E-state index < -0.39 is 0 Å². The van der Waals surface area contributed by atoms with Crippen molar-refractivity contribution in [1.82, 2.24) is 0 Å². The number of nitrogens with two attached hydrogens (primary N) is 1. The van der Waals surface area contributed by atoms with Gasteiger partial charge in [0, 0.05) is 0 Å². The second-order valence-electron chi connectivity index (χ2n) is 0.422. The van der Waals surface area contributed by atoms with Gasteiger partial charge in [-0.1, -0.05) is 12.2 Å². The average Bonchev–Trinajstić information content (AvgIpc) is 1.33. The monoisotopic (exact) mass is 156 g/mol. The summed E-state index contributed by atoms with van der Waals surface area (Å²) in [5, 5.41) is 0. The molecule has 0 aromatic heterocycles. The Bertz CT molecular complexity index is 80.9. The first-order chi connectivity index (χ1) is 3.15. The first-order valence-electron chi connectivity index (χ1n) is 1.09. The number of thiol groups is 1. The van der Waals surface area contributed by atoms with E-state index in [4.69, 9.17) is 14.7 Å². The van der Waals surface area contributed by atoms with Crippen molar-refractivity contribution in [2.24, 2.45) is 5.73 Å². The number of hydrogen-bond acceptors (Lipinski definition) is 3. The third-order valence-corrected chi connectivity index (χ3v) is 0. The zero-order chi connectivity index (χ0) is 6.28. The standard InChI is InChI=1S/CH3NS2.HNOS/c2-1(3)4;1-3-2/h(H3,2,3,4);1H. The fraction of sp³-hybridized carbons (Fsp3) is 0. The molecule has 6 heteroatoms. The van der Waals surface area contributed by atoms with Crippen molar-refractivity contribution in [3.8, 4) is 0 Å². The molecule has 0 spiro atoms. The molecule has 0 fully saturated rings. The van der Waals surface area contributed by atoms with E-state index in [9.17, 15) is 0 Å². The van der Waals surface area contributed by atoms with Gasteiger partial charge in [-0.05, 0) is 0 Å². The van der Waals surface area contributed by atoms with Crippen molar-refractivity contribution in [2.45, 2.75) is 0 Å². The molecule has 0 aromatic rings. The summed E-state index contributed by atoms with van der Waals surface area (Å²) in [7, 11) is 0. The van der Waals surface area contributed by atoms with Crippen LogP contribution in [-0.2, 0) is 11.5 Å². The second kappa shape index (κ2) is 9.41. The molecule has 0 saturated carbocycles. The van der Waals surface area contributed by atoms with Crippen molar-refractivity contribution in [3.63, 3.8) is 0 Å². The van der Waals surface area contributed by atoms with Crippen LogP contribution in [0.25, 0.3) is 0 Å². The van der Waals surface area contributed by atoms with Gasteiger partial charge in [-0.3, -0.25) is 0 Å². The molecule has 0 bridgehead atoms. The lowest BCUT2D eigenvalue weighted by Crippen LogP contribution is -1.94. The summed E-state index contributed by atoms with van der Waals surface area (Å²) in [5.74, 6) is 0. The number of hydrogen-bond donors (Lipinski definition) is 3. The zero-order valence-corrected chi connectivity index (χ0v) is 5.78. The molecular weight excluding hydrogens is 152 g/mol. The van der Waals surface area contributed by atoms with E-state index in [2.05, 4.69) is 24.8 Å². The van der Waals surface area contributed by atoms with E-state index in [-0.39, 0.29) is 15.8 Å². The molecule has 0 amide bonds. The Hall–Kier alpha value is 0.0600. The van der Waals surface area contributed by atoms with E-state index in [0.717, 1.165) is 0 Å². The van der Waals surface area contributed by atoms with Gasteiger partial charge in [-0.2, -0.15) is 4.21 Å². The molecule has 0 radical (unpaired) electrons. The van der Waals surface area contributed by atoms with Gasteiger partial charge < -0.3 is 5.73 Å². The Morgan fingerprint density at radius 3 is 2.00 bits per heavy atom. The van der Waals surface area contributed by atoms with Crippen molar-refractivity contribution < 1.29 is 4.21 Å². The lowest BCUT2D eigenvalue weighted by molar-refractivity contribution is 0.697. The summed E-state index contributed by atoms with van der Waals surface area (Å²) in [6.45, 7) is 0. The van der Waals surface area contributed by atoms with Crippen LogP contribution in [0.1, 0.15) is 0 Å². The van der Waals surface area contributed by atoms with Gasteiger partial charge in [0.2, 0.25) is 0 Å². The molecule has 0 aliphatic rings. The molecule has 0 heterocycles. The highest BCUT2D eigenvalue weighted by Gasteiger charge is 1.55. The maximum Gasteiger partial charge on any atom is 0.196 e. The van der Waals surface area contributed by atoms with Gasteiger partial charge in [0.25, 0.3) is 0 Å². The lowest BCUT2D eigenvalue weighted by atomic mass is 11.5. The minimum Gasteiger partial charge on any atom is -0.385 e. The van der Waals surface area contributed by atoms with Crippen molar-refractivity contribution in [2.75, 3.05) is 0 Å². The minimum atomic E-state index is -0.250. The summed E-state index contributed by atoms with van der Waals surface area (Å²) in [5.41, 5.74) is 4.71. The number of thiocarbonyl (C=S) groups is 1. The van der Waals surface area contributed by atoms with E-state index in [1.54, 1.807) is 0 Å². The molecule has 0 atom stereocenters. The molecule has 0 aliphatic carbocycles. The van der Waals surface area contributed by atoms with Gasteiger partial charge in [0.05, 0.1) is 0 Å². The Morgan fingerprint density at radius 1 is 2.00 bits per heavy atom. The number of rotatable bonds is 0. The Labute approximate surface area is 55.7 Å². The molecule has 3 nitrogen and oxygen atoms in total. The largest absolute Gasteiger partial charge is 0.385 e. The van der Waals surface area contributed by atoms with Crippen LogP contribution in [0.3, 0.4) is 0 Å². The average molecular weight is 156 g/mol. The number of nitrogens with one attached hydrogen (secondary N) is 1. The van der Waals surface area contributed by atoms with Crippen LogP contribution in [0.5, 0.6) is 0 Å². The van der Waals surface area contributed by atoms with Crippen LogP contribution < -0.4 is 5.73 Å². The zero-order valence-electron chi connectivity index (χ0n) is 3.25. The fourth-order valence-corrected chi connectivity index (χ4v) is 0. The maximum absolute atomic E-state index is 8.51. The molecule has 3 N–H and O–H groups in total. The third-order valence-electron chi connectivity index (χ3n) is 0. The molecule has 0 rings (SSSR count). The summed E-state index contributed by atoms with van der Waals surface area (Å²) in [4.78, 5) is 0. The topological polar surface area (TPSA) is 66.9 Å². The Morgan fingerprint density at radius 2 is 2.00 bits per heavy atom. The van der Waals surface area contributed by atoms with E-state index in [1.807, 2.05) is 0 Å². The summed E-state index contributed by atoms with van der Waals surface area (Å²) < 4.78 is 14.3. The van der Waals surface area contributed by atoms with Gasteiger partial charge in [0.1, 0.15) is 4.32 Å². The predicted molar refractivity (Wildman–Crippen MR) is 36.6 cm³/mol. The molecule has 0 unspecified atom stereocenters. The normalized spacial score (nSPS) is 5.29. The molecule has 0 saturated heterocycles. The van der Waals surface area contributed by atoms with Crippen LogP contribution in [0.15, 0.2) is 0 Å². The van der Waals surface area contributed by atoms with Gasteiger partial charge in [-0.25, -0.2) is 4.78 Å². The highest BCUT2D eigenvalue weighted by Crippen LogP contribution is 1.63. The van der Waals surface area contributed by atoms with Crippen molar-refractivity contribution in [3.05, 3.63) is 0 Å². The summed E-state index contributed by atoms with van der Waals surface area (Å²) in [6.07, 6.45) is 0. The van der Waals surface area contributed by atoms with Gasteiger partial charge >= 0.3 is 0 Å². The Balaban J connectivity index is 0. The van der Waals surface area contributed by atoms with Crippen molar-refractivity contribution >= 4 is 40.6 Å². The van der Waals surface area contributed by atoms with Crippen LogP contribution in [-0.4, -0.2) is 8.53 Å². The van der Waals surface area contributed by atoms with Crippen LogP contribution in [0, 0.1) is 4.78 Å². The van der Waals surface area contributed by atoms with Crippen LogP contribution in [0.2, 0.25) is 0 Å². The lowest BCUT2D eigenvalue weighted by Gasteiger charge is -1.64. The van der Waals surface area contributed by atoms with E-state index in [1.165, 1.54) is 0 Å². The van der Waals surface area contributed by atoms with Crippen LogP contribution in [0.4, 0.5) is 0 Å². The first kappa shape index (κ1) is 10.1. The maximum atomic E-state index is 8.51.